The molecule has 0 aromatic heterocycles. The van der Waals surface area contributed by atoms with E-state index in [4.69, 9.17) is 4.74 Å². The van der Waals surface area contributed by atoms with Crippen molar-refractivity contribution in [3.05, 3.63) is 43.0 Å². The van der Waals surface area contributed by atoms with Crippen LogP contribution in [-0.2, 0) is 9.53 Å². The molecule has 0 radical (unpaired) electrons. The van der Waals surface area contributed by atoms with Crippen LogP contribution in [0.3, 0.4) is 0 Å². The van der Waals surface area contributed by atoms with Gasteiger partial charge in [-0.05, 0) is 42.8 Å². The number of carbonyl (C=O) groups is 1. The molecule has 0 aliphatic rings. The zero-order valence-corrected chi connectivity index (χ0v) is 13.9. The van der Waals surface area contributed by atoms with E-state index in [1.165, 1.54) is 7.11 Å². The maximum Gasteiger partial charge on any atom is 0.324 e. The number of carbonyl (C=O) groups excluding carboxylic acids is 1. The topological polar surface area (TPSA) is 29.5 Å². The summed E-state index contributed by atoms with van der Waals surface area (Å²) in [6.07, 6.45) is 3.83. The van der Waals surface area contributed by atoms with Crippen LogP contribution in [0.15, 0.2) is 47.9 Å². The molecule has 0 saturated heterocycles. The Morgan fingerprint density at radius 2 is 2.05 bits per heavy atom. The van der Waals surface area contributed by atoms with Gasteiger partial charge in [0.15, 0.2) is 0 Å². The monoisotopic (exact) mass is 307 g/mol. The number of benzene rings is 1. The molecule has 0 N–H and O–H groups in total. The molecule has 0 aliphatic carbocycles. The van der Waals surface area contributed by atoms with Crippen molar-refractivity contribution >= 4 is 17.9 Å². The molecule has 1 rings (SSSR count). The Morgan fingerprint density at radius 1 is 1.38 bits per heavy atom. The Bertz CT molecular complexity index is 434. The second-order valence-corrected chi connectivity index (χ2v) is 6.31. The molecule has 0 aliphatic heterocycles. The minimum Gasteiger partial charge on any atom is -0.468 e. The van der Waals surface area contributed by atoms with E-state index in [2.05, 4.69) is 23.0 Å². The van der Waals surface area contributed by atoms with Gasteiger partial charge < -0.3 is 4.74 Å². The van der Waals surface area contributed by atoms with Gasteiger partial charge in [0.05, 0.1) is 7.11 Å². The van der Waals surface area contributed by atoms with Crippen LogP contribution in [0.25, 0.3) is 0 Å². The van der Waals surface area contributed by atoms with Crippen molar-refractivity contribution in [1.29, 1.82) is 0 Å². The normalized spacial score (nSPS) is 12.4. The predicted octanol–water partition coefficient (Wildman–Crippen LogP) is 4.16. The van der Waals surface area contributed by atoms with Gasteiger partial charge in [0, 0.05) is 11.4 Å². The van der Waals surface area contributed by atoms with Gasteiger partial charge in [-0.25, -0.2) is 4.31 Å². The van der Waals surface area contributed by atoms with Crippen LogP contribution >= 0.6 is 11.9 Å². The molecule has 0 amide bonds. The summed E-state index contributed by atoms with van der Waals surface area (Å²) in [6, 6.07) is 9.87. The van der Waals surface area contributed by atoms with Crippen LogP contribution in [0.1, 0.15) is 26.7 Å². The molecular formula is C17H25NO2S. The summed E-state index contributed by atoms with van der Waals surface area (Å²) in [5, 5.41) is 0. The number of hydrogen-bond donors (Lipinski definition) is 0. The largest absolute Gasteiger partial charge is 0.468 e. The highest BCUT2D eigenvalue weighted by molar-refractivity contribution is 7.97. The van der Waals surface area contributed by atoms with Gasteiger partial charge in [-0.15, -0.1) is 6.58 Å². The molecule has 1 aromatic carbocycles. The number of unbranched alkanes of at least 4 members (excludes halogenated alkanes) is 1. The molecule has 1 atom stereocenters. The molecular weight excluding hydrogens is 282 g/mol. The fourth-order valence-corrected chi connectivity index (χ4v) is 3.31. The molecule has 0 bridgehead atoms. The summed E-state index contributed by atoms with van der Waals surface area (Å²) < 4.78 is 7.12. The lowest BCUT2D eigenvalue weighted by Gasteiger charge is -2.31. The first kappa shape index (κ1) is 17.8. The van der Waals surface area contributed by atoms with Gasteiger partial charge in [0.1, 0.15) is 6.04 Å². The van der Waals surface area contributed by atoms with Crippen LogP contribution in [0.5, 0.6) is 0 Å². The van der Waals surface area contributed by atoms with Gasteiger partial charge in [-0.1, -0.05) is 38.1 Å². The molecule has 116 valence electrons. The average Bonchev–Trinajstić information content (AvgIpc) is 2.48. The predicted molar refractivity (Wildman–Crippen MR) is 89.1 cm³/mol. The highest BCUT2D eigenvalue weighted by atomic mass is 32.2. The fraction of sp³-hybridized carbons (Fsp3) is 0.471. The van der Waals surface area contributed by atoms with Crippen molar-refractivity contribution < 1.29 is 9.53 Å². The summed E-state index contributed by atoms with van der Waals surface area (Å²) in [6.45, 7) is 8.68. The highest BCUT2D eigenvalue weighted by Crippen LogP contribution is 2.28. The van der Waals surface area contributed by atoms with E-state index < -0.39 is 0 Å². The molecule has 0 unspecified atom stereocenters. The van der Waals surface area contributed by atoms with Gasteiger partial charge in [-0.2, -0.15) is 0 Å². The SMILES string of the molecule is C=CCCCN(Sc1ccccc1)[C@H](C(=O)OC)C(C)C. The molecule has 4 heteroatoms. The standard InChI is InChI=1S/C17H25NO2S/c1-5-6-10-13-18(16(14(2)3)17(19)20-4)21-15-11-8-7-9-12-15/h5,7-9,11-12,14,16H,1,6,10,13H2,2-4H3/t16-/m0/s1. The summed E-state index contributed by atoms with van der Waals surface area (Å²) in [4.78, 5) is 13.3. The van der Waals surface area contributed by atoms with Crippen LogP contribution in [0, 0.1) is 5.92 Å². The minimum atomic E-state index is -0.245. The highest BCUT2D eigenvalue weighted by Gasteiger charge is 2.30. The lowest BCUT2D eigenvalue weighted by Crippen LogP contribution is -2.42. The van der Waals surface area contributed by atoms with Gasteiger partial charge in [0.2, 0.25) is 0 Å². The number of rotatable bonds is 9. The minimum absolute atomic E-state index is 0.174. The Morgan fingerprint density at radius 3 is 2.57 bits per heavy atom. The number of ether oxygens (including phenoxy) is 1. The summed E-state index contributed by atoms with van der Waals surface area (Å²) >= 11 is 1.62. The third-order valence-electron chi connectivity index (χ3n) is 3.14. The Kier molecular flexibility index (Phi) is 8.16. The third kappa shape index (κ3) is 5.94. The first-order valence-corrected chi connectivity index (χ1v) is 8.05. The zero-order valence-electron chi connectivity index (χ0n) is 13.1. The molecule has 0 saturated carbocycles. The Labute approximate surface area is 132 Å². The van der Waals surface area contributed by atoms with Gasteiger partial charge in [0.25, 0.3) is 0 Å². The van der Waals surface area contributed by atoms with Crippen LogP contribution in [0.2, 0.25) is 0 Å². The van der Waals surface area contributed by atoms with E-state index in [1.54, 1.807) is 11.9 Å². The van der Waals surface area contributed by atoms with Crippen molar-refractivity contribution in [2.75, 3.05) is 13.7 Å². The number of hydrogen-bond acceptors (Lipinski definition) is 4. The maximum absolute atomic E-state index is 12.1. The van der Waals surface area contributed by atoms with E-state index >= 15 is 0 Å². The molecule has 0 spiro atoms. The lowest BCUT2D eigenvalue weighted by molar-refractivity contribution is -0.146. The van der Waals surface area contributed by atoms with Gasteiger partial charge >= 0.3 is 5.97 Å². The first-order valence-electron chi connectivity index (χ1n) is 7.28. The Balaban J connectivity index is 2.87. The smallest absolute Gasteiger partial charge is 0.324 e. The second-order valence-electron chi connectivity index (χ2n) is 5.19. The molecule has 21 heavy (non-hydrogen) atoms. The van der Waals surface area contributed by atoms with Crippen molar-refractivity contribution in [2.45, 2.75) is 37.6 Å². The average molecular weight is 307 g/mol. The number of methoxy groups -OCH3 is 1. The van der Waals surface area contributed by atoms with Crippen LogP contribution < -0.4 is 0 Å². The molecule has 3 nitrogen and oxygen atoms in total. The third-order valence-corrected chi connectivity index (χ3v) is 4.26. The van der Waals surface area contributed by atoms with Crippen LogP contribution in [0.4, 0.5) is 0 Å². The Hall–Kier alpha value is -1.26. The molecule has 1 aromatic rings. The van der Waals surface area contributed by atoms with Crippen molar-refractivity contribution in [3.8, 4) is 0 Å². The van der Waals surface area contributed by atoms with E-state index in [0.717, 1.165) is 24.3 Å². The molecule has 0 heterocycles. The fourth-order valence-electron chi connectivity index (χ4n) is 2.09. The maximum atomic E-state index is 12.1. The summed E-state index contributed by atoms with van der Waals surface area (Å²) in [7, 11) is 1.45. The number of allylic oxidation sites excluding steroid dienone is 1. The van der Waals surface area contributed by atoms with E-state index in [9.17, 15) is 4.79 Å². The summed E-state index contributed by atoms with van der Waals surface area (Å²) in [5.74, 6) is 0.0180. The zero-order chi connectivity index (χ0) is 15.7. The number of nitrogens with zero attached hydrogens (tertiary/aromatic N) is 1. The lowest BCUT2D eigenvalue weighted by atomic mass is 10.0. The van der Waals surface area contributed by atoms with Crippen molar-refractivity contribution in [2.24, 2.45) is 5.92 Å². The van der Waals surface area contributed by atoms with E-state index in [0.29, 0.717) is 0 Å². The quantitative estimate of drug-likeness (QED) is 0.296. The van der Waals surface area contributed by atoms with Crippen molar-refractivity contribution in [3.63, 3.8) is 0 Å². The van der Waals surface area contributed by atoms with E-state index in [-0.39, 0.29) is 17.9 Å². The number of esters is 1. The van der Waals surface area contributed by atoms with Crippen LogP contribution in [-0.4, -0.2) is 30.0 Å². The first-order chi connectivity index (χ1) is 10.1. The second kappa shape index (κ2) is 9.64. The van der Waals surface area contributed by atoms with E-state index in [1.807, 2.05) is 38.1 Å². The molecule has 0 fully saturated rings. The van der Waals surface area contributed by atoms with Crippen molar-refractivity contribution in [1.82, 2.24) is 4.31 Å². The van der Waals surface area contributed by atoms with Gasteiger partial charge in [-0.3, -0.25) is 4.79 Å². The summed E-state index contributed by atoms with van der Waals surface area (Å²) in [5.41, 5.74) is 0.